The molecule has 5 heterocycles. The number of rotatable bonds is 2. The third-order valence-electron chi connectivity index (χ3n) is 6.58. The molecule has 1 saturated carbocycles. The van der Waals surface area contributed by atoms with Gasteiger partial charge in [-0.3, -0.25) is 4.90 Å². The van der Waals surface area contributed by atoms with Crippen LogP contribution in [0.5, 0.6) is 0 Å². The SMILES string of the molecule is Cc1cc2cc(NC(=O)N3CCc4c(N5CCNC6(CC6)C5)ccnc43)c(F)cn2n1. The van der Waals surface area contributed by atoms with Gasteiger partial charge in [-0.2, -0.15) is 5.10 Å². The number of amides is 2. The van der Waals surface area contributed by atoms with Gasteiger partial charge in [0.05, 0.1) is 23.1 Å². The smallest absolute Gasteiger partial charge is 0.327 e. The van der Waals surface area contributed by atoms with Crippen LogP contribution in [0.4, 0.5) is 26.4 Å². The minimum atomic E-state index is -0.527. The van der Waals surface area contributed by atoms with Gasteiger partial charge in [-0.1, -0.05) is 0 Å². The molecule has 9 heteroatoms. The zero-order valence-electron chi connectivity index (χ0n) is 17.4. The van der Waals surface area contributed by atoms with Crippen LogP contribution in [0, 0.1) is 12.7 Å². The monoisotopic (exact) mass is 421 g/mol. The van der Waals surface area contributed by atoms with E-state index in [-0.39, 0.29) is 17.3 Å². The van der Waals surface area contributed by atoms with Gasteiger partial charge in [-0.25, -0.2) is 18.7 Å². The molecule has 0 aromatic carbocycles. The predicted octanol–water partition coefficient (Wildman–Crippen LogP) is 2.71. The molecule has 8 nitrogen and oxygen atoms in total. The lowest BCUT2D eigenvalue weighted by molar-refractivity contribution is 0.257. The fraction of sp³-hybridized carbons (Fsp3) is 0.409. The van der Waals surface area contributed by atoms with Crippen LogP contribution in [-0.4, -0.2) is 52.3 Å². The van der Waals surface area contributed by atoms with E-state index in [0.29, 0.717) is 12.4 Å². The Bertz CT molecular complexity index is 1200. The fourth-order valence-corrected chi connectivity index (χ4v) is 4.84. The Hall–Kier alpha value is -3.20. The summed E-state index contributed by atoms with van der Waals surface area (Å²) in [6.07, 6.45) is 6.23. The van der Waals surface area contributed by atoms with Crippen molar-refractivity contribution in [2.75, 3.05) is 41.3 Å². The normalized spacial score (nSPS) is 19.2. The maximum absolute atomic E-state index is 14.5. The fourth-order valence-electron chi connectivity index (χ4n) is 4.84. The Morgan fingerprint density at radius 2 is 2.16 bits per heavy atom. The molecule has 2 amide bonds. The van der Waals surface area contributed by atoms with Crippen LogP contribution in [0.2, 0.25) is 0 Å². The van der Waals surface area contributed by atoms with Crippen molar-refractivity contribution >= 4 is 28.7 Å². The van der Waals surface area contributed by atoms with Crippen LogP contribution in [0.1, 0.15) is 24.1 Å². The molecule has 3 aromatic heterocycles. The molecule has 0 atom stereocenters. The quantitative estimate of drug-likeness (QED) is 0.665. The third kappa shape index (κ3) is 3.11. The number of piperazine rings is 1. The Morgan fingerprint density at radius 3 is 3.00 bits per heavy atom. The Labute approximate surface area is 179 Å². The van der Waals surface area contributed by atoms with Gasteiger partial charge in [0, 0.05) is 49.2 Å². The average molecular weight is 421 g/mol. The van der Waals surface area contributed by atoms with Crippen LogP contribution in [0.25, 0.3) is 5.52 Å². The Balaban J connectivity index is 1.26. The van der Waals surface area contributed by atoms with Crippen molar-refractivity contribution in [3.05, 3.63) is 47.7 Å². The van der Waals surface area contributed by atoms with Gasteiger partial charge in [0.15, 0.2) is 5.82 Å². The molecule has 1 aliphatic carbocycles. The highest BCUT2D eigenvalue weighted by Gasteiger charge is 2.46. The zero-order valence-corrected chi connectivity index (χ0v) is 17.4. The van der Waals surface area contributed by atoms with E-state index in [9.17, 15) is 9.18 Å². The van der Waals surface area contributed by atoms with Gasteiger partial charge in [0.1, 0.15) is 5.82 Å². The lowest BCUT2D eigenvalue weighted by Crippen LogP contribution is -2.52. The molecule has 0 radical (unpaired) electrons. The summed E-state index contributed by atoms with van der Waals surface area (Å²) >= 11 is 0. The molecule has 1 saturated heterocycles. The minimum Gasteiger partial charge on any atom is -0.368 e. The topological polar surface area (TPSA) is 77.8 Å². The molecule has 1 spiro atoms. The first-order chi connectivity index (χ1) is 15.0. The predicted molar refractivity (Wildman–Crippen MR) is 116 cm³/mol. The van der Waals surface area contributed by atoms with Crippen molar-refractivity contribution in [2.24, 2.45) is 0 Å². The summed E-state index contributed by atoms with van der Waals surface area (Å²) in [5, 5.41) is 10.6. The second kappa shape index (κ2) is 6.65. The maximum Gasteiger partial charge on any atom is 0.327 e. The summed E-state index contributed by atoms with van der Waals surface area (Å²) in [6, 6.07) is 5.12. The standard InChI is InChI=1S/C22H24FN7O/c1-14-10-15-11-18(17(23)12-30(15)27-14)26-21(31)29-8-3-16-19(2-6-24-20(16)29)28-9-7-25-22(13-28)4-5-22/h2,6,10-12,25H,3-5,7-9,13H2,1H3,(H,26,31). The number of anilines is 3. The third-order valence-corrected chi connectivity index (χ3v) is 6.58. The molecule has 2 aliphatic heterocycles. The highest BCUT2D eigenvalue weighted by atomic mass is 19.1. The summed E-state index contributed by atoms with van der Waals surface area (Å²) in [6.45, 7) is 5.28. The summed E-state index contributed by atoms with van der Waals surface area (Å²) in [5.74, 6) is 0.140. The molecule has 3 aromatic rings. The molecule has 2 N–H and O–H groups in total. The number of urea groups is 1. The largest absolute Gasteiger partial charge is 0.368 e. The molecule has 3 aliphatic rings. The molecule has 6 rings (SSSR count). The van der Waals surface area contributed by atoms with E-state index < -0.39 is 5.82 Å². The van der Waals surface area contributed by atoms with Crippen molar-refractivity contribution in [3.8, 4) is 0 Å². The van der Waals surface area contributed by atoms with E-state index in [2.05, 4.69) is 31.7 Å². The van der Waals surface area contributed by atoms with Crippen molar-refractivity contribution in [2.45, 2.75) is 31.7 Å². The summed E-state index contributed by atoms with van der Waals surface area (Å²) < 4.78 is 16.0. The van der Waals surface area contributed by atoms with Gasteiger partial charge >= 0.3 is 6.03 Å². The second-order valence-corrected chi connectivity index (χ2v) is 8.78. The summed E-state index contributed by atoms with van der Waals surface area (Å²) in [7, 11) is 0. The number of aromatic nitrogens is 3. The van der Waals surface area contributed by atoms with Gasteiger partial charge in [0.2, 0.25) is 0 Å². The van der Waals surface area contributed by atoms with Crippen LogP contribution < -0.4 is 20.4 Å². The van der Waals surface area contributed by atoms with Crippen LogP contribution in [0.3, 0.4) is 0 Å². The average Bonchev–Trinajstić information content (AvgIpc) is 3.18. The number of halogens is 1. The summed E-state index contributed by atoms with van der Waals surface area (Å²) in [4.78, 5) is 21.6. The maximum atomic E-state index is 14.5. The molecular formula is C22H24FN7O. The van der Waals surface area contributed by atoms with E-state index in [1.807, 2.05) is 13.0 Å². The van der Waals surface area contributed by atoms with Gasteiger partial charge < -0.3 is 15.5 Å². The lowest BCUT2D eigenvalue weighted by atomic mass is 10.1. The molecule has 2 fully saturated rings. The minimum absolute atomic E-state index is 0.139. The Morgan fingerprint density at radius 1 is 1.29 bits per heavy atom. The van der Waals surface area contributed by atoms with E-state index in [1.165, 1.54) is 23.6 Å². The van der Waals surface area contributed by atoms with Gasteiger partial charge in [-0.15, -0.1) is 0 Å². The number of fused-ring (bicyclic) bond motifs is 2. The highest BCUT2D eigenvalue weighted by Crippen LogP contribution is 2.41. The van der Waals surface area contributed by atoms with Crippen LogP contribution in [0.15, 0.2) is 30.6 Å². The van der Waals surface area contributed by atoms with E-state index >= 15 is 0 Å². The molecule has 160 valence electrons. The zero-order chi connectivity index (χ0) is 21.2. The number of hydrogen-bond donors (Lipinski definition) is 2. The molecular weight excluding hydrogens is 397 g/mol. The molecule has 31 heavy (non-hydrogen) atoms. The number of hydrogen-bond acceptors (Lipinski definition) is 5. The van der Waals surface area contributed by atoms with E-state index in [0.717, 1.165) is 48.5 Å². The van der Waals surface area contributed by atoms with Crippen molar-refractivity contribution in [1.29, 1.82) is 0 Å². The lowest BCUT2D eigenvalue weighted by Gasteiger charge is -2.36. The first-order valence-corrected chi connectivity index (χ1v) is 10.7. The van der Waals surface area contributed by atoms with Crippen LogP contribution >= 0.6 is 0 Å². The van der Waals surface area contributed by atoms with Gasteiger partial charge in [-0.05, 0) is 44.4 Å². The van der Waals surface area contributed by atoms with Crippen molar-refractivity contribution in [1.82, 2.24) is 19.9 Å². The number of nitrogens with one attached hydrogen (secondary N) is 2. The molecule has 0 bridgehead atoms. The number of nitrogens with zero attached hydrogens (tertiary/aromatic N) is 5. The molecule has 0 unspecified atom stereocenters. The van der Waals surface area contributed by atoms with Crippen molar-refractivity contribution in [3.63, 3.8) is 0 Å². The highest BCUT2D eigenvalue weighted by molar-refractivity contribution is 6.03. The van der Waals surface area contributed by atoms with E-state index in [1.54, 1.807) is 17.2 Å². The van der Waals surface area contributed by atoms with E-state index in [4.69, 9.17) is 0 Å². The second-order valence-electron chi connectivity index (χ2n) is 8.78. The number of aryl methyl sites for hydroxylation is 1. The number of carbonyl (C=O) groups is 1. The van der Waals surface area contributed by atoms with Gasteiger partial charge in [0.25, 0.3) is 0 Å². The Kier molecular flexibility index (Phi) is 3.98. The first-order valence-electron chi connectivity index (χ1n) is 10.7. The van der Waals surface area contributed by atoms with Crippen molar-refractivity contribution < 1.29 is 9.18 Å². The number of pyridine rings is 2. The number of carbonyl (C=O) groups excluding carboxylic acids is 1. The summed E-state index contributed by atoms with van der Waals surface area (Å²) in [5.41, 5.74) is 4.18. The first kappa shape index (κ1) is 18.6. The van der Waals surface area contributed by atoms with Crippen LogP contribution in [-0.2, 0) is 6.42 Å².